The van der Waals surface area contributed by atoms with Crippen LogP contribution in [0.15, 0.2) is 45.8 Å². The van der Waals surface area contributed by atoms with Crippen molar-refractivity contribution in [1.29, 1.82) is 0 Å². The molecule has 0 atom stereocenters. The maximum atomic E-state index is 11.4. The first-order chi connectivity index (χ1) is 28.8. The van der Waals surface area contributed by atoms with Crippen LogP contribution in [-0.4, -0.2) is 107 Å². The lowest BCUT2D eigenvalue weighted by molar-refractivity contribution is -0.251. The number of aromatic amines is 1. The first kappa shape index (κ1) is 61.7. The lowest BCUT2D eigenvalue weighted by Gasteiger charge is -2.10. The van der Waals surface area contributed by atoms with Crippen molar-refractivity contribution < 1.29 is 45.2 Å². The van der Waals surface area contributed by atoms with Crippen LogP contribution in [0.1, 0.15) is 65.7 Å². The van der Waals surface area contributed by atoms with Crippen LogP contribution in [-0.2, 0) is 16.8 Å². The molecule has 5 heterocycles. The molecule has 0 saturated carbocycles. The van der Waals surface area contributed by atoms with Gasteiger partial charge in [0.2, 0.25) is 0 Å². The monoisotopic (exact) mass is 935 g/mol. The number of nitrogen functional groups attached to an aromatic ring is 3. The number of ether oxygens (including phenoxy) is 1. The molecule has 0 aliphatic rings. The molecule has 34 nitrogen and oxygen atoms in total. The van der Waals surface area contributed by atoms with E-state index < -0.39 is 41.4 Å². The molecule has 0 aliphatic heterocycles. The van der Waals surface area contributed by atoms with Crippen molar-refractivity contribution in [2.24, 2.45) is 51.5 Å². The Morgan fingerprint density at radius 2 is 1.38 bits per heavy atom. The van der Waals surface area contributed by atoms with E-state index in [4.69, 9.17) is 63.2 Å². The SMILES string of the molecule is C.C.C.C#CC#CC#COC(=O)n1cnc(C(N)=O)c1N.CN(N)C(=O)n1cnc(C(N)=O)c1N.Cl.Cn1nnc2c(C(N)=O)ncn2c1=O.NC(=O)c1[nH]cnc1N.[HH].[N-]=N/N=N/OO. The van der Waals surface area contributed by atoms with E-state index in [2.05, 4.69) is 78.4 Å². The zero-order valence-electron chi connectivity index (χ0n) is 31.2. The number of imidazole rings is 4. The lowest BCUT2D eigenvalue weighted by atomic mass is 10.4. The van der Waals surface area contributed by atoms with Gasteiger partial charge >= 0.3 is 17.8 Å². The van der Waals surface area contributed by atoms with E-state index in [0.29, 0.717) is 0 Å². The highest BCUT2D eigenvalue weighted by Crippen LogP contribution is 2.10. The molecular weight excluding hydrogens is 892 g/mol. The molecule has 65 heavy (non-hydrogen) atoms. The second kappa shape index (κ2) is 30.1. The van der Waals surface area contributed by atoms with E-state index in [1.165, 1.54) is 26.7 Å². The minimum atomic E-state index is -0.942. The van der Waals surface area contributed by atoms with Gasteiger partial charge in [-0.2, -0.15) is 9.94 Å². The summed E-state index contributed by atoms with van der Waals surface area (Å²) in [5.74, 6) is 10.6. The van der Waals surface area contributed by atoms with E-state index in [9.17, 15) is 33.6 Å². The summed E-state index contributed by atoms with van der Waals surface area (Å²) in [6, 6.07) is -0.609. The summed E-state index contributed by atoms with van der Waals surface area (Å²) in [5, 5.41) is 22.1. The van der Waals surface area contributed by atoms with Gasteiger partial charge in [-0.1, -0.05) is 27.5 Å². The van der Waals surface area contributed by atoms with E-state index in [-0.39, 0.29) is 82.0 Å². The van der Waals surface area contributed by atoms with Crippen LogP contribution in [0.2, 0.25) is 0 Å². The number of rotatable bonds is 6. The van der Waals surface area contributed by atoms with Crippen molar-refractivity contribution in [3.05, 3.63) is 64.1 Å². The summed E-state index contributed by atoms with van der Waals surface area (Å²) >= 11 is 0. The number of nitrogens with zero attached hydrogens (tertiary/aromatic N) is 15. The molecule has 35 heteroatoms. The van der Waals surface area contributed by atoms with Crippen molar-refractivity contribution in [1.82, 2.24) is 58.5 Å². The average molecular weight is 936 g/mol. The van der Waals surface area contributed by atoms with Crippen LogP contribution in [0.25, 0.3) is 11.2 Å². The number of carbonyl (C=O) groups excluding carboxylic acids is 6. The van der Waals surface area contributed by atoms with Gasteiger partial charge in [0.05, 0.1) is 6.33 Å². The van der Waals surface area contributed by atoms with Crippen molar-refractivity contribution in [2.45, 2.75) is 22.3 Å². The Morgan fingerprint density at radius 3 is 1.78 bits per heavy atom. The van der Waals surface area contributed by atoms with E-state index in [1.807, 2.05) is 12.0 Å². The van der Waals surface area contributed by atoms with Crippen molar-refractivity contribution in [3.8, 4) is 36.2 Å². The molecule has 0 radical (unpaired) electrons. The number of H-pyrrole nitrogens is 1. The van der Waals surface area contributed by atoms with Crippen LogP contribution >= 0.6 is 12.4 Å². The minimum absolute atomic E-state index is 0. The van der Waals surface area contributed by atoms with E-state index in [1.54, 1.807) is 0 Å². The number of hydrazine groups is 1. The molecule has 0 fully saturated rings. The van der Waals surface area contributed by atoms with Gasteiger partial charge in [0.1, 0.15) is 42.4 Å². The Bertz CT molecular complexity index is 2690. The number of hydrogen-bond acceptors (Lipinski definition) is 21. The number of aromatic nitrogens is 11. The maximum Gasteiger partial charge on any atom is 0.435 e. The predicted octanol–water partition coefficient (Wildman–Crippen LogP) is -2.15. The van der Waals surface area contributed by atoms with Gasteiger partial charge in [-0.05, 0) is 17.1 Å². The molecule has 18 N–H and O–H groups in total. The van der Waals surface area contributed by atoms with Gasteiger partial charge in [-0.15, -0.1) is 23.9 Å². The number of nitrogens with one attached hydrogen (secondary N) is 1. The Labute approximate surface area is 372 Å². The standard InChI is InChI=1S/C11H6N4O3.C6H6N6O2.C6H10N6O2.C4H6N4O.3CH4.ClH.HN4O2.H2/c1-2-3-4-5-6-18-11(17)15-7-14-8(9(15)12)10(13)16;1-11-6(14)12-2-8-3(4(7)13)5(12)9-10-11;1-11(9)6(14)12-2-10-3(4(12)7)5(8)13;5-3-2(4(6)9)7-1-8-3;;;;;1-2-3-4-6-5;/h1,7H,12H2,(H2,13,16);2H,1H3,(H2,7,13);2H,7,9H2,1H3,(H2,8,13);1H,5H2,(H2,6,9)(H,7,8);3*1H4;1H;5H;1H/q;;;;;;;;-1;/b;;;;;;;;4-3+;. The number of terminal acetylenes is 1. The van der Waals surface area contributed by atoms with Crippen LogP contribution in [0.3, 0.4) is 0 Å². The van der Waals surface area contributed by atoms with E-state index in [0.717, 1.165) is 35.9 Å². The summed E-state index contributed by atoms with van der Waals surface area (Å²) in [7, 11) is 2.78. The fourth-order valence-corrected chi connectivity index (χ4v) is 3.36. The topological polar surface area (TPSA) is 541 Å². The zero-order valence-corrected chi connectivity index (χ0v) is 32.1. The minimum Gasteiger partial charge on any atom is -0.383 e. The highest BCUT2D eigenvalue weighted by Gasteiger charge is 2.19. The number of primary amides is 4. The number of hydrogen-bond donors (Lipinski definition) is 10. The molecule has 0 unspecified atom stereocenters. The number of nitrogens with two attached hydrogens (primary N) is 8. The molecular formula is C30H44ClN24O10-. The number of anilines is 3. The number of halogens is 1. The maximum absolute atomic E-state index is 11.4. The van der Waals surface area contributed by atoms with Crippen LogP contribution in [0, 0.1) is 36.2 Å². The van der Waals surface area contributed by atoms with Gasteiger partial charge in [0, 0.05) is 27.4 Å². The molecule has 0 bridgehead atoms. The van der Waals surface area contributed by atoms with Gasteiger partial charge < -0.3 is 55.4 Å². The lowest BCUT2D eigenvalue weighted by Crippen LogP contribution is -2.37. The van der Waals surface area contributed by atoms with E-state index >= 15 is 0 Å². The number of amides is 5. The third kappa shape index (κ3) is 18.0. The smallest absolute Gasteiger partial charge is 0.383 e. The summed E-state index contributed by atoms with van der Waals surface area (Å²) in [6.45, 7) is 0. The fraction of sp³-hybridized carbons (Fsp3) is 0.167. The zero-order chi connectivity index (χ0) is 46.4. The Morgan fingerprint density at radius 1 is 0.862 bits per heavy atom. The number of fused-ring (bicyclic) bond motifs is 1. The van der Waals surface area contributed by atoms with Gasteiger partial charge in [-0.3, -0.25) is 29.4 Å². The molecule has 0 aliphatic carbocycles. The van der Waals surface area contributed by atoms with Gasteiger partial charge in [0.25, 0.3) is 23.6 Å². The summed E-state index contributed by atoms with van der Waals surface area (Å²) in [5.41, 5.74) is 42.6. The molecule has 5 aromatic rings. The average Bonchev–Trinajstić information content (AvgIpc) is 4.02. The fourth-order valence-electron chi connectivity index (χ4n) is 3.36. The number of carbonyl (C=O) groups is 6. The Hall–Kier alpha value is -9.98. The van der Waals surface area contributed by atoms with Crippen LogP contribution in [0.5, 0.6) is 0 Å². The molecule has 0 aromatic carbocycles. The first-order valence-electron chi connectivity index (χ1n) is 14.9. The quantitative estimate of drug-likeness (QED) is 0.0217. The Kier molecular flexibility index (Phi) is 28.6. The summed E-state index contributed by atoms with van der Waals surface area (Å²) in [4.78, 5) is 96.7. The van der Waals surface area contributed by atoms with Gasteiger partial charge in [-0.25, -0.2) is 63.9 Å². The molecule has 5 rings (SSSR count). The summed E-state index contributed by atoms with van der Waals surface area (Å²) < 4.78 is 8.31. The molecule has 5 aromatic heterocycles. The third-order valence-electron chi connectivity index (χ3n) is 5.93. The molecule has 0 saturated heterocycles. The molecule has 5 amide bonds. The summed E-state index contributed by atoms with van der Waals surface area (Å²) in [6.07, 6.45) is 10.5. The molecule has 352 valence electrons. The predicted molar refractivity (Wildman–Crippen MR) is 229 cm³/mol. The van der Waals surface area contributed by atoms with Crippen LogP contribution in [0.4, 0.5) is 27.0 Å². The number of aryl methyl sites for hydroxylation is 1. The van der Waals surface area contributed by atoms with Crippen molar-refractivity contribution in [2.75, 3.05) is 24.2 Å². The highest BCUT2D eigenvalue weighted by molar-refractivity contribution is 5.98. The normalized spacial score (nSPS) is 8.72. The van der Waals surface area contributed by atoms with Crippen molar-refractivity contribution in [3.63, 3.8) is 0 Å². The second-order valence-corrected chi connectivity index (χ2v) is 9.82. The van der Waals surface area contributed by atoms with Gasteiger partial charge in [0.15, 0.2) is 28.5 Å². The Balaban J connectivity index is -0.000000239. The highest BCUT2D eigenvalue weighted by atomic mass is 35.5. The largest absolute Gasteiger partial charge is 0.435 e. The van der Waals surface area contributed by atoms with Crippen molar-refractivity contribution >= 4 is 71.3 Å². The molecule has 0 spiro atoms. The van der Waals surface area contributed by atoms with Crippen LogP contribution < -0.4 is 51.7 Å². The second-order valence-electron chi connectivity index (χ2n) is 9.82. The third-order valence-corrected chi connectivity index (χ3v) is 5.93. The first-order valence-corrected chi connectivity index (χ1v) is 14.9.